The van der Waals surface area contributed by atoms with E-state index in [0.717, 1.165) is 38.8 Å². The maximum Gasteiger partial charge on any atom is 0.338 e. The summed E-state index contributed by atoms with van der Waals surface area (Å²) in [6.07, 6.45) is 3.83. The van der Waals surface area contributed by atoms with Crippen molar-refractivity contribution in [3.8, 4) is 0 Å². The van der Waals surface area contributed by atoms with E-state index in [-0.39, 0.29) is 23.2 Å². The van der Waals surface area contributed by atoms with Crippen LogP contribution in [0.15, 0.2) is 18.2 Å². The van der Waals surface area contributed by atoms with Gasteiger partial charge in [-0.1, -0.05) is 13.8 Å². The number of esters is 1. The number of ether oxygens (including phenoxy) is 1. The zero-order valence-electron chi connectivity index (χ0n) is 16.8. The van der Waals surface area contributed by atoms with E-state index in [2.05, 4.69) is 19.2 Å². The Hall–Kier alpha value is -2.64. The van der Waals surface area contributed by atoms with Crippen LogP contribution >= 0.6 is 0 Å². The molecule has 1 amide bonds. The Morgan fingerprint density at radius 1 is 1.21 bits per heavy atom. The molecule has 0 bridgehead atoms. The first-order valence-corrected chi connectivity index (χ1v) is 9.77. The van der Waals surface area contributed by atoms with Gasteiger partial charge in [0.15, 0.2) is 6.61 Å². The monoisotopic (exact) mass is 391 g/mol. The van der Waals surface area contributed by atoms with Crippen LogP contribution in [-0.2, 0) is 9.53 Å². The number of nitrogens with zero attached hydrogens (tertiary/aromatic N) is 2. The number of amides is 1. The number of nitro benzene ring substituents is 1. The topological polar surface area (TPSA) is 102 Å². The lowest BCUT2D eigenvalue weighted by Crippen LogP contribution is -2.36. The second kappa shape index (κ2) is 10.1. The molecule has 0 saturated carbocycles. The Kier molecular flexibility index (Phi) is 7.78. The molecule has 154 valence electrons. The predicted molar refractivity (Wildman–Crippen MR) is 107 cm³/mol. The highest BCUT2D eigenvalue weighted by atomic mass is 16.6. The zero-order chi connectivity index (χ0) is 20.7. The zero-order valence-corrected chi connectivity index (χ0v) is 16.8. The van der Waals surface area contributed by atoms with Crippen LogP contribution in [-0.4, -0.2) is 42.5 Å². The SMILES string of the molecule is CC(C)CC[C@@H](C)NC(=O)COC(=O)c1ccc(N2CCCC2)c([N+](=O)[O-])c1. The quantitative estimate of drug-likeness (QED) is 0.394. The molecule has 1 aromatic carbocycles. The molecule has 0 spiro atoms. The van der Waals surface area contributed by atoms with Gasteiger partial charge in [-0.3, -0.25) is 14.9 Å². The van der Waals surface area contributed by atoms with Crippen molar-refractivity contribution in [2.75, 3.05) is 24.6 Å². The van der Waals surface area contributed by atoms with Gasteiger partial charge in [0.2, 0.25) is 0 Å². The van der Waals surface area contributed by atoms with E-state index in [1.165, 1.54) is 12.1 Å². The first-order chi connectivity index (χ1) is 13.3. The Bertz CT molecular complexity index is 714. The third-order valence-electron chi connectivity index (χ3n) is 4.77. The highest BCUT2D eigenvalue weighted by Gasteiger charge is 2.24. The number of benzene rings is 1. The third-order valence-corrected chi connectivity index (χ3v) is 4.77. The van der Waals surface area contributed by atoms with Crippen molar-refractivity contribution in [3.63, 3.8) is 0 Å². The summed E-state index contributed by atoms with van der Waals surface area (Å²) in [5.74, 6) is -0.578. The van der Waals surface area contributed by atoms with Gasteiger partial charge in [-0.15, -0.1) is 0 Å². The molecule has 0 aliphatic carbocycles. The largest absolute Gasteiger partial charge is 0.452 e. The number of hydrogen-bond donors (Lipinski definition) is 1. The fraction of sp³-hybridized carbons (Fsp3) is 0.600. The second-order valence-electron chi connectivity index (χ2n) is 7.67. The number of carbonyl (C=O) groups is 2. The van der Waals surface area contributed by atoms with Crippen molar-refractivity contribution >= 4 is 23.3 Å². The molecule has 1 N–H and O–H groups in total. The summed E-state index contributed by atoms with van der Waals surface area (Å²) < 4.78 is 5.03. The maximum absolute atomic E-state index is 12.2. The lowest BCUT2D eigenvalue weighted by molar-refractivity contribution is -0.384. The van der Waals surface area contributed by atoms with Crippen molar-refractivity contribution in [1.82, 2.24) is 5.32 Å². The number of rotatable bonds is 9. The average Bonchev–Trinajstić information content (AvgIpc) is 3.18. The van der Waals surface area contributed by atoms with Gasteiger partial charge in [0.05, 0.1) is 10.5 Å². The lowest BCUT2D eigenvalue weighted by atomic mass is 10.0. The van der Waals surface area contributed by atoms with Gasteiger partial charge >= 0.3 is 5.97 Å². The van der Waals surface area contributed by atoms with Crippen LogP contribution in [0.1, 0.15) is 56.8 Å². The van der Waals surface area contributed by atoms with E-state index < -0.39 is 17.5 Å². The molecular formula is C20H29N3O5. The summed E-state index contributed by atoms with van der Waals surface area (Å²) in [7, 11) is 0. The predicted octanol–water partition coefficient (Wildman–Crippen LogP) is 3.29. The van der Waals surface area contributed by atoms with E-state index in [4.69, 9.17) is 4.74 Å². The van der Waals surface area contributed by atoms with Crippen LogP contribution < -0.4 is 10.2 Å². The number of carbonyl (C=O) groups excluding carboxylic acids is 2. The summed E-state index contributed by atoms with van der Waals surface area (Å²) >= 11 is 0. The molecule has 1 fully saturated rings. The van der Waals surface area contributed by atoms with Gasteiger partial charge in [-0.25, -0.2) is 4.79 Å². The summed E-state index contributed by atoms with van der Waals surface area (Å²) in [6.45, 7) is 7.25. The fourth-order valence-corrected chi connectivity index (χ4v) is 3.21. The maximum atomic E-state index is 12.2. The van der Waals surface area contributed by atoms with Gasteiger partial charge in [0.1, 0.15) is 5.69 Å². The van der Waals surface area contributed by atoms with E-state index in [9.17, 15) is 19.7 Å². The molecule has 1 atom stereocenters. The Labute approximate surface area is 165 Å². The second-order valence-corrected chi connectivity index (χ2v) is 7.67. The van der Waals surface area contributed by atoms with Gasteiger partial charge in [0.25, 0.3) is 11.6 Å². The molecule has 1 aliphatic heterocycles. The minimum absolute atomic E-state index is 0.00515. The highest BCUT2D eigenvalue weighted by Crippen LogP contribution is 2.31. The molecule has 1 heterocycles. The Balaban J connectivity index is 1.93. The van der Waals surface area contributed by atoms with E-state index in [0.29, 0.717) is 11.6 Å². The number of hydrogen-bond acceptors (Lipinski definition) is 6. The van der Waals surface area contributed by atoms with Crippen molar-refractivity contribution in [2.24, 2.45) is 5.92 Å². The van der Waals surface area contributed by atoms with Gasteiger partial charge in [-0.05, 0) is 50.7 Å². The van der Waals surface area contributed by atoms with Crippen molar-refractivity contribution < 1.29 is 19.2 Å². The first kappa shape index (κ1) is 21.7. The third kappa shape index (κ3) is 6.21. The summed E-state index contributed by atoms with van der Waals surface area (Å²) in [4.78, 5) is 37.0. The average molecular weight is 391 g/mol. The minimum atomic E-state index is -0.749. The molecule has 1 saturated heterocycles. The normalized spacial score (nSPS) is 14.8. The fourth-order valence-electron chi connectivity index (χ4n) is 3.21. The van der Waals surface area contributed by atoms with Gasteiger partial charge < -0.3 is 15.0 Å². The van der Waals surface area contributed by atoms with Crippen LogP contribution in [0, 0.1) is 16.0 Å². The van der Waals surface area contributed by atoms with Crippen molar-refractivity contribution in [1.29, 1.82) is 0 Å². The number of anilines is 1. The first-order valence-electron chi connectivity index (χ1n) is 9.77. The summed E-state index contributed by atoms with van der Waals surface area (Å²) in [5, 5.41) is 14.2. The van der Waals surface area contributed by atoms with Crippen molar-refractivity contribution in [3.05, 3.63) is 33.9 Å². The van der Waals surface area contributed by atoms with Crippen LogP contribution in [0.3, 0.4) is 0 Å². The molecule has 8 nitrogen and oxygen atoms in total. The minimum Gasteiger partial charge on any atom is -0.452 e. The van der Waals surface area contributed by atoms with E-state index in [1.807, 2.05) is 11.8 Å². The highest BCUT2D eigenvalue weighted by molar-refractivity contribution is 5.93. The molecule has 2 rings (SSSR count). The molecule has 8 heteroatoms. The number of nitrogens with one attached hydrogen (secondary N) is 1. The van der Waals surface area contributed by atoms with Gasteiger partial charge in [0, 0.05) is 25.2 Å². The molecule has 0 unspecified atom stereocenters. The molecule has 1 aromatic rings. The molecule has 0 radical (unpaired) electrons. The standard InChI is InChI=1S/C20H29N3O5/c1-14(2)6-7-15(3)21-19(24)13-28-20(25)16-8-9-17(18(12-16)23(26)27)22-10-4-5-11-22/h8-9,12,14-15H,4-7,10-11,13H2,1-3H3,(H,21,24)/t15-/m1/s1. The van der Waals surface area contributed by atoms with Gasteiger partial charge in [-0.2, -0.15) is 0 Å². The van der Waals surface area contributed by atoms with Crippen LogP contribution in [0.25, 0.3) is 0 Å². The molecule has 1 aliphatic rings. The Morgan fingerprint density at radius 3 is 2.50 bits per heavy atom. The van der Waals surface area contributed by atoms with Crippen LogP contribution in [0.5, 0.6) is 0 Å². The molecule has 0 aromatic heterocycles. The van der Waals surface area contributed by atoms with Crippen molar-refractivity contribution in [2.45, 2.75) is 52.5 Å². The van der Waals surface area contributed by atoms with E-state index >= 15 is 0 Å². The van der Waals surface area contributed by atoms with Crippen LogP contribution in [0.4, 0.5) is 11.4 Å². The van der Waals surface area contributed by atoms with Crippen LogP contribution in [0.2, 0.25) is 0 Å². The summed E-state index contributed by atoms with van der Waals surface area (Å²) in [5.41, 5.74) is 0.453. The van der Waals surface area contributed by atoms with E-state index in [1.54, 1.807) is 6.07 Å². The molecular weight excluding hydrogens is 362 g/mol. The Morgan fingerprint density at radius 2 is 1.89 bits per heavy atom. The number of nitro groups is 1. The summed E-state index contributed by atoms with van der Waals surface area (Å²) in [6, 6.07) is 4.30. The smallest absolute Gasteiger partial charge is 0.338 e. The molecule has 28 heavy (non-hydrogen) atoms. The lowest BCUT2D eigenvalue weighted by Gasteiger charge is -2.18.